The molecule has 0 spiro atoms. The van der Waals surface area contributed by atoms with Crippen LogP contribution in [0.3, 0.4) is 0 Å². The van der Waals surface area contributed by atoms with Gasteiger partial charge in [-0.25, -0.2) is 0 Å². The largest absolute Gasteiger partial charge is 0.462 e. The van der Waals surface area contributed by atoms with Crippen LogP contribution >= 0.6 is 0 Å². The fourth-order valence-corrected chi connectivity index (χ4v) is 10.0. The summed E-state index contributed by atoms with van der Waals surface area (Å²) < 4.78 is 17.0. The minimum absolute atomic E-state index is 0.0800. The summed E-state index contributed by atoms with van der Waals surface area (Å²) in [5.41, 5.74) is 0. The van der Waals surface area contributed by atoms with E-state index in [0.717, 1.165) is 89.9 Å². The van der Waals surface area contributed by atoms with Crippen molar-refractivity contribution < 1.29 is 28.6 Å². The highest BCUT2D eigenvalue weighted by Crippen LogP contribution is 2.17. The Balaban J connectivity index is 4.33. The zero-order valence-corrected chi connectivity index (χ0v) is 52.2. The minimum Gasteiger partial charge on any atom is -0.462 e. The molecule has 0 N–H and O–H groups in total. The smallest absolute Gasteiger partial charge is 0.306 e. The van der Waals surface area contributed by atoms with Crippen LogP contribution in [0.2, 0.25) is 0 Å². The molecule has 0 aromatic rings. The molecular formula is C72H130O6. The fraction of sp³-hybridized carbons (Fsp3) is 0.819. The molecule has 0 radical (unpaired) electrons. The van der Waals surface area contributed by atoms with Gasteiger partial charge in [-0.2, -0.15) is 0 Å². The Morgan fingerprint density at radius 1 is 0.256 bits per heavy atom. The number of ether oxygens (including phenoxy) is 3. The Morgan fingerprint density at radius 3 is 0.756 bits per heavy atom. The van der Waals surface area contributed by atoms with Gasteiger partial charge in [-0.3, -0.25) is 14.4 Å². The summed E-state index contributed by atoms with van der Waals surface area (Å²) in [5.74, 6) is -0.881. The predicted molar refractivity (Wildman–Crippen MR) is 339 cm³/mol. The second kappa shape index (κ2) is 66.6. The number of allylic oxidation sites excluding steroid dienone is 10. The quantitative estimate of drug-likeness (QED) is 0.0261. The maximum atomic E-state index is 12.9. The summed E-state index contributed by atoms with van der Waals surface area (Å²) in [4.78, 5) is 38.4. The molecule has 1 unspecified atom stereocenters. The van der Waals surface area contributed by atoms with Gasteiger partial charge in [0.1, 0.15) is 13.2 Å². The van der Waals surface area contributed by atoms with Crippen molar-refractivity contribution in [2.24, 2.45) is 0 Å². The van der Waals surface area contributed by atoms with Gasteiger partial charge in [-0.15, -0.1) is 0 Å². The lowest BCUT2D eigenvalue weighted by molar-refractivity contribution is -0.167. The molecule has 0 heterocycles. The van der Waals surface area contributed by atoms with E-state index in [1.807, 2.05) is 0 Å². The monoisotopic (exact) mass is 1090 g/mol. The first-order chi connectivity index (χ1) is 38.5. The van der Waals surface area contributed by atoms with Gasteiger partial charge in [-0.05, 0) is 109 Å². The first-order valence-electron chi connectivity index (χ1n) is 34.3. The van der Waals surface area contributed by atoms with Crippen LogP contribution in [-0.4, -0.2) is 37.2 Å². The predicted octanol–water partition coefficient (Wildman–Crippen LogP) is 23.5. The fourth-order valence-electron chi connectivity index (χ4n) is 10.0. The van der Waals surface area contributed by atoms with Gasteiger partial charge in [0.05, 0.1) is 0 Å². The highest BCUT2D eigenvalue weighted by Gasteiger charge is 2.19. The number of esters is 3. The molecule has 0 saturated heterocycles. The highest BCUT2D eigenvalue weighted by molar-refractivity contribution is 5.71. The van der Waals surface area contributed by atoms with Gasteiger partial charge in [0.2, 0.25) is 0 Å². The number of hydrogen-bond acceptors (Lipinski definition) is 6. The number of unbranched alkanes of at least 4 members (excludes halogenated alkanes) is 42. The van der Waals surface area contributed by atoms with E-state index < -0.39 is 6.10 Å². The van der Waals surface area contributed by atoms with Crippen LogP contribution in [-0.2, 0) is 28.6 Å². The third-order valence-electron chi connectivity index (χ3n) is 15.2. The second-order valence-electron chi connectivity index (χ2n) is 23.1. The molecule has 0 aliphatic rings. The summed E-state index contributed by atoms with van der Waals surface area (Å²) >= 11 is 0. The Bertz CT molecular complexity index is 1390. The number of rotatable bonds is 63. The van der Waals surface area contributed by atoms with Crippen LogP contribution in [0.25, 0.3) is 0 Å². The third-order valence-corrected chi connectivity index (χ3v) is 15.2. The van der Waals surface area contributed by atoms with Gasteiger partial charge in [-0.1, -0.05) is 293 Å². The molecule has 0 amide bonds. The van der Waals surface area contributed by atoms with Gasteiger partial charge in [0.25, 0.3) is 0 Å². The standard InChI is InChI=1S/C72H130O6/c1-4-7-10-13-16-19-22-25-28-31-33-34-35-36-37-38-40-41-44-47-50-53-56-59-62-65-71(74)77-68-69(67-76-70(73)64-61-58-55-52-49-46-43-30-27-24-21-18-15-12-9-6-3)78-72(75)66-63-60-57-54-51-48-45-42-39-32-29-26-23-20-17-14-11-8-5-2/h17,20,26,29-31,33,39,42-43,69H,4-16,18-19,21-25,27-28,32,34-38,40-41,44-68H2,1-3H3/b20-17-,29-26-,33-31-,42-39-,43-30-. The van der Waals surface area contributed by atoms with Crippen molar-refractivity contribution in [2.75, 3.05) is 13.2 Å². The minimum atomic E-state index is -0.786. The van der Waals surface area contributed by atoms with Gasteiger partial charge in [0.15, 0.2) is 6.10 Å². The van der Waals surface area contributed by atoms with Gasteiger partial charge in [0, 0.05) is 19.3 Å². The highest BCUT2D eigenvalue weighted by atomic mass is 16.6. The zero-order chi connectivity index (χ0) is 56.4. The van der Waals surface area contributed by atoms with Crippen molar-refractivity contribution in [1.82, 2.24) is 0 Å². The van der Waals surface area contributed by atoms with E-state index in [2.05, 4.69) is 81.5 Å². The molecule has 78 heavy (non-hydrogen) atoms. The molecule has 1 atom stereocenters. The van der Waals surface area contributed by atoms with E-state index in [4.69, 9.17) is 14.2 Å². The molecule has 6 heteroatoms. The maximum Gasteiger partial charge on any atom is 0.306 e. The SMILES string of the molecule is CCCCC/C=C\C/C=C\C/C=C\CCCCCCCCC(=O)OC(COC(=O)CCCCCCC/C=C\CCCCCCCCC)COC(=O)CCCCCCCCCCCCCCC/C=C\CCCCCCCCCC. The molecule has 0 aliphatic heterocycles. The van der Waals surface area contributed by atoms with Crippen molar-refractivity contribution in [3.63, 3.8) is 0 Å². The molecular weight excluding hydrogens is 961 g/mol. The van der Waals surface area contributed by atoms with Crippen molar-refractivity contribution in [3.8, 4) is 0 Å². The summed E-state index contributed by atoms with van der Waals surface area (Å²) in [6.07, 6.45) is 85.2. The number of hydrogen-bond donors (Lipinski definition) is 0. The molecule has 0 aliphatic carbocycles. The Kier molecular flexibility index (Phi) is 64.2. The first-order valence-corrected chi connectivity index (χ1v) is 34.3. The van der Waals surface area contributed by atoms with Crippen LogP contribution in [0, 0.1) is 0 Å². The average molecular weight is 1090 g/mol. The summed E-state index contributed by atoms with van der Waals surface area (Å²) in [6, 6.07) is 0. The molecule has 0 aromatic carbocycles. The lowest BCUT2D eigenvalue weighted by Crippen LogP contribution is -2.30. The molecule has 0 aromatic heterocycles. The number of carbonyl (C=O) groups excluding carboxylic acids is 3. The molecule has 0 rings (SSSR count). The van der Waals surface area contributed by atoms with Crippen molar-refractivity contribution >= 4 is 17.9 Å². The Labute approximate surface area is 485 Å². The normalized spacial score (nSPS) is 12.4. The molecule has 0 fully saturated rings. The lowest BCUT2D eigenvalue weighted by Gasteiger charge is -2.18. The first kappa shape index (κ1) is 75.1. The van der Waals surface area contributed by atoms with E-state index >= 15 is 0 Å². The van der Waals surface area contributed by atoms with E-state index in [9.17, 15) is 14.4 Å². The van der Waals surface area contributed by atoms with Crippen molar-refractivity contribution in [2.45, 2.75) is 367 Å². The molecule has 0 saturated carbocycles. The molecule has 454 valence electrons. The van der Waals surface area contributed by atoms with E-state index in [-0.39, 0.29) is 31.1 Å². The summed E-state index contributed by atoms with van der Waals surface area (Å²) in [7, 11) is 0. The van der Waals surface area contributed by atoms with Gasteiger partial charge < -0.3 is 14.2 Å². The Morgan fingerprint density at radius 2 is 0.462 bits per heavy atom. The number of carbonyl (C=O) groups is 3. The summed E-state index contributed by atoms with van der Waals surface area (Å²) in [6.45, 7) is 6.64. The maximum absolute atomic E-state index is 12.9. The van der Waals surface area contributed by atoms with Crippen LogP contribution in [0.1, 0.15) is 361 Å². The van der Waals surface area contributed by atoms with Crippen LogP contribution in [0.15, 0.2) is 60.8 Å². The van der Waals surface area contributed by atoms with E-state index in [0.29, 0.717) is 19.3 Å². The van der Waals surface area contributed by atoms with E-state index in [1.54, 1.807) is 0 Å². The summed E-state index contributed by atoms with van der Waals surface area (Å²) in [5, 5.41) is 0. The third kappa shape index (κ3) is 63.9. The van der Waals surface area contributed by atoms with Gasteiger partial charge >= 0.3 is 17.9 Å². The second-order valence-corrected chi connectivity index (χ2v) is 23.1. The van der Waals surface area contributed by atoms with Crippen LogP contribution < -0.4 is 0 Å². The molecule has 6 nitrogen and oxygen atoms in total. The molecule has 0 bridgehead atoms. The zero-order valence-electron chi connectivity index (χ0n) is 52.2. The van der Waals surface area contributed by atoms with E-state index in [1.165, 1.54) is 231 Å². The Hall–Kier alpha value is -2.89. The van der Waals surface area contributed by atoms with Crippen LogP contribution in [0.5, 0.6) is 0 Å². The average Bonchev–Trinajstić information content (AvgIpc) is 3.44. The topological polar surface area (TPSA) is 78.9 Å². The van der Waals surface area contributed by atoms with Crippen molar-refractivity contribution in [1.29, 1.82) is 0 Å². The lowest BCUT2D eigenvalue weighted by atomic mass is 10.0. The van der Waals surface area contributed by atoms with Crippen molar-refractivity contribution in [3.05, 3.63) is 60.8 Å². The van der Waals surface area contributed by atoms with Crippen LogP contribution in [0.4, 0.5) is 0 Å².